The Morgan fingerprint density at radius 2 is 1.78 bits per heavy atom. The molecule has 27 heavy (non-hydrogen) atoms. The average molecular weight is 380 g/mol. The maximum Gasteiger partial charge on any atom is 0.171 e. The summed E-state index contributed by atoms with van der Waals surface area (Å²) in [4.78, 5) is 13.6. The van der Waals surface area contributed by atoms with E-state index in [-0.39, 0.29) is 24.9 Å². The smallest absolute Gasteiger partial charge is 0.171 e. The lowest BCUT2D eigenvalue weighted by Gasteiger charge is -2.66. The van der Waals surface area contributed by atoms with E-state index in [9.17, 15) is 25.2 Å². The monoisotopic (exact) mass is 380 g/mol. The fourth-order valence-electron chi connectivity index (χ4n) is 7.03. The fraction of sp³-hybridized carbons (Fsp3) is 0.857. The topological polar surface area (TPSA) is 107 Å². The molecule has 3 fully saturated rings. The summed E-state index contributed by atoms with van der Waals surface area (Å²) < 4.78 is 5.58. The Morgan fingerprint density at radius 3 is 2.33 bits per heavy atom. The molecule has 0 aromatic rings. The van der Waals surface area contributed by atoms with Crippen molar-refractivity contribution in [3.63, 3.8) is 0 Å². The summed E-state index contributed by atoms with van der Waals surface area (Å²) in [5.74, 6) is -1.35. The van der Waals surface area contributed by atoms with Crippen LogP contribution in [0.25, 0.3) is 0 Å². The second-order valence-corrected chi connectivity index (χ2v) is 10.1. The molecule has 1 heterocycles. The number of Topliss-reactive ketones (excluding diaryl/α,β-unsaturated/α-hetero) is 1. The van der Waals surface area contributed by atoms with Crippen LogP contribution in [-0.2, 0) is 9.53 Å². The zero-order chi connectivity index (χ0) is 20.2. The van der Waals surface area contributed by atoms with E-state index in [2.05, 4.69) is 0 Å². The molecule has 1 saturated heterocycles. The third kappa shape index (κ3) is 2.06. The van der Waals surface area contributed by atoms with Gasteiger partial charge in [-0.15, -0.1) is 0 Å². The third-order valence-electron chi connectivity index (χ3n) is 8.75. The third-order valence-corrected chi connectivity index (χ3v) is 8.75. The van der Waals surface area contributed by atoms with Crippen molar-refractivity contribution < 1.29 is 30.0 Å². The maximum absolute atomic E-state index is 13.6. The molecule has 0 aromatic carbocycles. The number of hydrogen-bond donors (Lipinski definition) is 4. The first kappa shape index (κ1) is 19.5. The van der Waals surface area contributed by atoms with E-state index in [4.69, 9.17) is 4.74 Å². The van der Waals surface area contributed by atoms with Crippen molar-refractivity contribution in [2.45, 2.75) is 83.4 Å². The SMILES string of the molecule is CC1=C2C(O)C(=O)[C@]3(C)CCC4OCC4(O)C3C(C)C(O)(CC1O)C2(C)C. The van der Waals surface area contributed by atoms with Crippen LogP contribution in [0.15, 0.2) is 11.1 Å². The molecule has 2 bridgehead atoms. The Morgan fingerprint density at radius 1 is 1.15 bits per heavy atom. The Hall–Kier alpha value is -0.790. The molecule has 1 aliphatic heterocycles. The number of ether oxygens (including phenoxy) is 1. The first-order valence-corrected chi connectivity index (χ1v) is 10.0. The molecule has 4 rings (SSSR count). The predicted molar refractivity (Wildman–Crippen MR) is 97.8 cm³/mol. The molecule has 2 saturated carbocycles. The van der Waals surface area contributed by atoms with Crippen molar-refractivity contribution in [2.24, 2.45) is 22.7 Å². The van der Waals surface area contributed by atoms with Crippen LogP contribution in [0.1, 0.15) is 53.9 Å². The highest BCUT2D eigenvalue weighted by Gasteiger charge is 2.71. The number of rotatable bonds is 0. The van der Waals surface area contributed by atoms with Gasteiger partial charge in [0, 0.05) is 23.2 Å². The van der Waals surface area contributed by atoms with E-state index >= 15 is 0 Å². The van der Waals surface area contributed by atoms with E-state index in [0.29, 0.717) is 24.0 Å². The zero-order valence-corrected chi connectivity index (χ0v) is 16.8. The second kappa shape index (κ2) is 5.42. The van der Waals surface area contributed by atoms with Crippen LogP contribution in [0.3, 0.4) is 0 Å². The predicted octanol–water partition coefficient (Wildman–Crippen LogP) is 0.951. The molecule has 3 aliphatic carbocycles. The summed E-state index contributed by atoms with van der Waals surface area (Å²) in [7, 11) is 0. The molecule has 6 heteroatoms. The summed E-state index contributed by atoms with van der Waals surface area (Å²) in [6.45, 7) is 9.21. The molecule has 7 unspecified atom stereocenters. The molecule has 0 aromatic heterocycles. The van der Waals surface area contributed by atoms with E-state index in [0.717, 1.165) is 0 Å². The Bertz CT molecular complexity index is 728. The summed E-state index contributed by atoms with van der Waals surface area (Å²) in [6, 6.07) is 0. The first-order valence-electron chi connectivity index (χ1n) is 10.0. The lowest BCUT2D eigenvalue weighted by Crippen LogP contribution is -2.76. The fourth-order valence-corrected chi connectivity index (χ4v) is 7.03. The lowest BCUT2D eigenvalue weighted by molar-refractivity contribution is -0.320. The number of carbonyl (C=O) groups excluding carboxylic acids is 1. The summed E-state index contributed by atoms with van der Waals surface area (Å²) in [5.41, 5.74) is -3.46. The largest absolute Gasteiger partial charge is 0.389 e. The van der Waals surface area contributed by atoms with Crippen molar-refractivity contribution >= 4 is 5.78 Å². The van der Waals surface area contributed by atoms with Gasteiger partial charge in [0.2, 0.25) is 0 Å². The highest BCUT2D eigenvalue weighted by atomic mass is 16.6. The van der Waals surface area contributed by atoms with Crippen LogP contribution in [0.5, 0.6) is 0 Å². The second-order valence-electron chi connectivity index (χ2n) is 10.1. The molecule has 0 amide bonds. The Kier molecular flexibility index (Phi) is 3.92. The number of aliphatic hydroxyl groups excluding tert-OH is 2. The van der Waals surface area contributed by atoms with Crippen LogP contribution in [0, 0.1) is 22.7 Å². The summed E-state index contributed by atoms with van der Waals surface area (Å²) in [6.07, 6.45) is -1.51. The lowest BCUT2D eigenvalue weighted by atomic mass is 9.43. The maximum atomic E-state index is 13.6. The molecule has 152 valence electrons. The molecule has 4 aliphatic rings. The summed E-state index contributed by atoms with van der Waals surface area (Å²) in [5, 5.41) is 45.1. The van der Waals surface area contributed by atoms with Crippen LogP contribution in [-0.4, -0.2) is 62.3 Å². The van der Waals surface area contributed by atoms with Crippen molar-refractivity contribution in [1.82, 2.24) is 0 Å². The van der Waals surface area contributed by atoms with Gasteiger partial charge < -0.3 is 25.2 Å². The number of ketones is 1. The quantitative estimate of drug-likeness (QED) is 0.466. The standard InChI is InChI=1S/C21H32O6/c1-10-12(22)8-21(26)11(2)16-19(5,7-6-13-20(16,25)9-27-13)17(24)15(23)14(10)18(21,3)4/h11-13,15-16,22-23,25-26H,6-9H2,1-5H3/t11?,12?,13?,15?,16?,19-,20?,21?/m1/s1. The van der Waals surface area contributed by atoms with E-state index in [1.54, 1.807) is 6.92 Å². The minimum absolute atomic E-state index is 0.117. The zero-order valence-electron chi connectivity index (χ0n) is 16.8. The van der Waals surface area contributed by atoms with Crippen molar-refractivity contribution in [3.8, 4) is 0 Å². The van der Waals surface area contributed by atoms with Gasteiger partial charge in [-0.2, -0.15) is 0 Å². The van der Waals surface area contributed by atoms with Gasteiger partial charge in [-0.25, -0.2) is 0 Å². The molecule has 4 N–H and O–H groups in total. The molecule has 8 atom stereocenters. The molecule has 0 radical (unpaired) electrons. The van der Waals surface area contributed by atoms with Crippen LogP contribution in [0.4, 0.5) is 0 Å². The molecular weight excluding hydrogens is 348 g/mol. The first-order chi connectivity index (χ1) is 12.3. The van der Waals surface area contributed by atoms with Gasteiger partial charge in [-0.3, -0.25) is 4.79 Å². The Balaban J connectivity index is 1.98. The van der Waals surface area contributed by atoms with Crippen molar-refractivity contribution in [1.29, 1.82) is 0 Å². The van der Waals surface area contributed by atoms with Crippen LogP contribution in [0.2, 0.25) is 0 Å². The normalized spacial score (nSPS) is 54.4. The van der Waals surface area contributed by atoms with Crippen molar-refractivity contribution in [3.05, 3.63) is 11.1 Å². The highest BCUT2D eigenvalue weighted by Crippen LogP contribution is 2.64. The molecule has 0 spiro atoms. The van der Waals surface area contributed by atoms with Crippen LogP contribution < -0.4 is 0 Å². The van der Waals surface area contributed by atoms with E-state index in [1.165, 1.54) is 0 Å². The van der Waals surface area contributed by atoms with Gasteiger partial charge in [0.05, 0.1) is 24.4 Å². The molecule has 6 nitrogen and oxygen atoms in total. The number of aliphatic hydroxyl groups is 4. The van der Waals surface area contributed by atoms with Gasteiger partial charge in [-0.05, 0) is 36.8 Å². The van der Waals surface area contributed by atoms with Gasteiger partial charge in [-0.1, -0.05) is 27.7 Å². The highest BCUT2D eigenvalue weighted by molar-refractivity contribution is 5.92. The van der Waals surface area contributed by atoms with Gasteiger partial charge in [0.1, 0.15) is 11.7 Å². The summed E-state index contributed by atoms with van der Waals surface area (Å²) >= 11 is 0. The van der Waals surface area contributed by atoms with Gasteiger partial charge in [0.25, 0.3) is 0 Å². The minimum atomic E-state index is -1.40. The minimum Gasteiger partial charge on any atom is -0.389 e. The van der Waals surface area contributed by atoms with E-state index < -0.39 is 46.1 Å². The number of carbonyl (C=O) groups is 1. The number of hydrogen-bond acceptors (Lipinski definition) is 6. The van der Waals surface area contributed by atoms with Crippen molar-refractivity contribution in [2.75, 3.05) is 6.61 Å². The Labute approximate surface area is 160 Å². The molecular formula is C21H32O6. The number of fused-ring (bicyclic) bond motifs is 5. The van der Waals surface area contributed by atoms with Gasteiger partial charge in [0.15, 0.2) is 5.78 Å². The van der Waals surface area contributed by atoms with Gasteiger partial charge >= 0.3 is 0 Å². The van der Waals surface area contributed by atoms with E-state index in [1.807, 2.05) is 27.7 Å². The van der Waals surface area contributed by atoms with Crippen LogP contribution >= 0.6 is 0 Å². The average Bonchev–Trinajstić information content (AvgIpc) is 2.56.